The fraction of sp³-hybridized carbons (Fsp3) is 0.900. The number of unbranched alkanes of at least 4 members (excludes halogenated alkanes) is 8. The first-order valence-electron chi connectivity index (χ1n) is 10.1. The molecule has 4 atom stereocenters. The highest BCUT2D eigenvalue weighted by Gasteiger charge is 2.40. The quantitative estimate of drug-likeness (QED) is 0.310. The van der Waals surface area contributed by atoms with Gasteiger partial charge in [0.15, 0.2) is 0 Å². The van der Waals surface area contributed by atoms with Crippen molar-refractivity contribution in [1.82, 2.24) is 0 Å². The molecule has 1 saturated heterocycles. The number of ether oxygens (including phenoxy) is 2. The molecule has 5 nitrogen and oxygen atoms in total. The van der Waals surface area contributed by atoms with Gasteiger partial charge in [-0.15, -0.1) is 0 Å². The van der Waals surface area contributed by atoms with E-state index in [1.54, 1.807) is 0 Å². The van der Waals surface area contributed by atoms with Crippen molar-refractivity contribution >= 4 is 0 Å². The van der Waals surface area contributed by atoms with Gasteiger partial charge >= 0.3 is 0 Å². The second-order valence-electron chi connectivity index (χ2n) is 6.97. The molecule has 1 aliphatic rings. The molecular weight excluding hydrogens is 320 g/mol. The third-order valence-corrected chi connectivity index (χ3v) is 4.72. The number of allylic oxidation sites excluding steroid dienone is 2. The molecular formula is C20H38O5. The maximum atomic E-state index is 10.0. The highest BCUT2D eigenvalue weighted by Crippen LogP contribution is 2.20. The topological polar surface area (TPSA) is 79.2 Å². The maximum absolute atomic E-state index is 10.0. The Kier molecular flexibility index (Phi) is 13.3. The van der Waals surface area contributed by atoms with Crippen LogP contribution in [0, 0.1) is 0 Å². The van der Waals surface area contributed by atoms with Crippen molar-refractivity contribution in [2.45, 2.75) is 95.5 Å². The zero-order chi connectivity index (χ0) is 18.3. The van der Waals surface area contributed by atoms with Crippen molar-refractivity contribution in [2.75, 3.05) is 19.8 Å². The predicted molar refractivity (Wildman–Crippen MR) is 99.6 cm³/mol. The summed E-state index contributed by atoms with van der Waals surface area (Å²) in [6.07, 6.45) is 13.7. The molecule has 0 saturated carbocycles. The summed E-state index contributed by atoms with van der Waals surface area (Å²) in [7, 11) is 0. The smallest absolute Gasteiger partial charge is 0.114 e. The number of hydrogen-bond donors (Lipinski definition) is 3. The molecule has 0 radical (unpaired) electrons. The summed E-state index contributed by atoms with van der Waals surface area (Å²) < 4.78 is 11.0. The minimum Gasteiger partial charge on any atom is -0.394 e. The Bertz CT molecular complexity index is 334. The van der Waals surface area contributed by atoms with E-state index in [2.05, 4.69) is 19.1 Å². The van der Waals surface area contributed by atoms with Crippen LogP contribution in [0.25, 0.3) is 0 Å². The Hall–Kier alpha value is -0.460. The molecule has 0 aliphatic carbocycles. The Labute approximate surface area is 153 Å². The van der Waals surface area contributed by atoms with E-state index < -0.39 is 31.0 Å². The first-order chi connectivity index (χ1) is 12.2. The molecule has 5 heteroatoms. The molecule has 3 N–H and O–H groups in total. The van der Waals surface area contributed by atoms with E-state index in [0.29, 0.717) is 6.61 Å². The highest BCUT2D eigenvalue weighted by atomic mass is 16.6. The molecule has 25 heavy (non-hydrogen) atoms. The average Bonchev–Trinajstić information content (AvgIpc) is 2.99. The standard InChI is InChI=1S/C20H38O5/c1-2-3-4-5-6-7-8-9-10-11-12-13-14-24-18-16-25-20(19(18)23)17(22)15-21/h7-8,17-23H,2-6,9-16H2,1H3/b8-7+/t17-,18+,19-,20-/m0/s1. The van der Waals surface area contributed by atoms with Crippen molar-refractivity contribution in [1.29, 1.82) is 0 Å². The first kappa shape index (κ1) is 22.6. The van der Waals surface area contributed by atoms with Crippen LogP contribution in [0.15, 0.2) is 12.2 Å². The predicted octanol–water partition coefficient (Wildman–Crippen LogP) is 2.96. The summed E-state index contributed by atoms with van der Waals surface area (Å²) in [6, 6.07) is 0. The lowest BCUT2D eigenvalue weighted by molar-refractivity contribution is -0.0730. The summed E-state index contributed by atoms with van der Waals surface area (Å²) in [4.78, 5) is 0. The van der Waals surface area contributed by atoms with Crippen LogP contribution < -0.4 is 0 Å². The van der Waals surface area contributed by atoms with Crippen molar-refractivity contribution < 1.29 is 24.8 Å². The molecule has 1 heterocycles. The zero-order valence-electron chi connectivity index (χ0n) is 15.8. The van der Waals surface area contributed by atoms with Gasteiger partial charge in [-0.05, 0) is 32.1 Å². The highest BCUT2D eigenvalue weighted by molar-refractivity contribution is 4.88. The van der Waals surface area contributed by atoms with Crippen LogP contribution in [0.2, 0.25) is 0 Å². The van der Waals surface area contributed by atoms with Crippen molar-refractivity contribution in [3.8, 4) is 0 Å². The Morgan fingerprint density at radius 1 is 1.04 bits per heavy atom. The largest absolute Gasteiger partial charge is 0.394 e. The lowest BCUT2D eigenvalue weighted by atomic mass is 10.1. The van der Waals surface area contributed by atoms with Gasteiger partial charge in [-0.2, -0.15) is 0 Å². The van der Waals surface area contributed by atoms with Gasteiger partial charge in [0, 0.05) is 6.61 Å². The Balaban J connectivity index is 1.91. The molecule has 148 valence electrons. The zero-order valence-corrected chi connectivity index (χ0v) is 15.8. The van der Waals surface area contributed by atoms with Gasteiger partial charge in [0.1, 0.15) is 24.4 Å². The maximum Gasteiger partial charge on any atom is 0.114 e. The first-order valence-corrected chi connectivity index (χ1v) is 10.1. The molecule has 1 fully saturated rings. The fourth-order valence-corrected chi connectivity index (χ4v) is 3.08. The average molecular weight is 359 g/mol. The molecule has 0 spiro atoms. The normalized spacial score (nSPS) is 25.0. The number of aliphatic hydroxyl groups excluding tert-OH is 3. The van der Waals surface area contributed by atoms with Crippen molar-refractivity contribution in [3.63, 3.8) is 0 Å². The van der Waals surface area contributed by atoms with Gasteiger partial charge in [-0.25, -0.2) is 0 Å². The third-order valence-electron chi connectivity index (χ3n) is 4.72. The summed E-state index contributed by atoms with van der Waals surface area (Å²) in [5.74, 6) is 0. The second kappa shape index (κ2) is 14.7. The van der Waals surface area contributed by atoms with Crippen LogP contribution in [0.1, 0.15) is 71.1 Å². The van der Waals surface area contributed by atoms with E-state index >= 15 is 0 Å². The number of aliphatic hydroxyl groups is 3. The minimum atomic E-state index is -1.05. The lowest BCUT2D eigenvalue weighted by Gasteiger charge is -2.20. The van der Waals surface area contributed by atoms with E-state index in [1.165, 1.54) is 44.9 Å². The number of rotatable bonds is 15. The van der Waals surface area contributed by atoms with E-state index in [1.807, 2.05) is 0 Å². The van der Waals surface area contributed by atoms with Gasteiger partial charge < -0.3 is 24.8 Å². The fourth-order valence-electron chi connectivity index (χ4n) is 3.08. The Morgan fingerprint density at radius 3 is 2.32 bits per heavy atom. The summed E-state index contributed by atoms with van der Waals surface area (Å²) >= 11 is 0. The molecule has 0 aromatic heterocycles. The van der Waals surface area contributed by atoms with Crippen LogP contribution >= 0.6 is 0 Å². The van der Waals surface area contributed by atoms with Gasteiger partial charge in [0.05, 0.1) is 13.2 Å². The third kappa shape index (κ3) is 9.71. The van der Waals surface area contributed by atoms with E-state index in [4.69, 9.17) is 14.6 Å². The van der Waals surface area contributed by atoms with Gasteiger partial charge in [0.25, 0.3) is 0 Å². The van der Waals surface area contributed by atoms with Crippen LogP contribution in [0.3, 0.4) is 0 Å². The second-order valence-corrected chi connectivity index (χ2v) is 6.97. The van der Waals surface area contributed by atoms with Gasteiger partial charge in [-0.3, -0.25) is 0 Å². The van der Waals surface area contributed by atoms with Crippen LogP contribution in [-0.2, 0) is 9.47 Å². The monoisotopic (exact) mass is 358 g/mol. The SMILES string of the molecule is CCCCCC/C=C/CCCCCCO[C@@H]1CO[C@@H]([C@@H](O)CO)[C@H]1O. The molecule has 0 unspecified atom stereocenters. The molecule has 0 amide bonds. The van der Waals surface area contributed by atoms with Crippen molar-refractivity contribution in [3.05, 3.63) is 12.2 Å². The van der Waals surface area contributed by atoms with Crippen LogP contribution in [0.4, 0.5) is 0 Å². The van der Waals surface area contributed by atoms with Crippen LogP contribution in [0.5, 0.6) is 0 Å². The van der Waals surface area contributed by atoms with E-state index in [-0.39, 0.29) is 6.61 Å². The van der Waals surface area contributed by atoms with Crippen molar-refractivity contribution in [2.24, 2.45) is 0 Å². The molecule has 0 aromatic rings. The molecule has 1 rings (SSSR count). The minimum absolute atomic E-state index is 0.270. The lowest BCUT2D eigenvalue weighted by Crippen LogP contribution is -2.41. The number of hydrogen-bond acceptors (Lipinski definition) is 5. The summed E-state index contributed by atoms with van der Waals surface area (Å²) in [5.41, 5.74) is 0. The molecule has 0 aromatic carbocycles. The Morgan fingerprint density at radius 2 is 1.68 bits per heavy atom. The van der Waals surface area contributed by atoms with Gasteiger partial charge in [0.2, 0.25) is 0 Å². The molecule has 0 bridgehead atoms. The van der Waals surface area contributed by atoms with E-state index in [0.717, 1.165) is 19.3 Å². The molecule has 1 aliphatic heterocycles. The van der Waals surface area contributed by atoms with E-state index in [9.17, 15) is 10.2 Å². The summed E-state index contributed by atoms with van der Waals surface area (Å²) in [6.45, 7) is 2.69. The summed E-state index contributed by atoms with van der Waals surface area (Å²) in [5, 5.41) is 28.5. The van der Waals surface area contributed by atoms with Gasteiger partial charge in [-0.1, -0.05) is 51.2 Å². The van der Waals surface area contributed by atoms with Crippen LogP contribution in [-0.4, -0.2) is 59.6 Å².